The molecule has 2 N–H and O–H groups in total. The summed E-state index contributed by atoms with van der Waals surface area (Å²) in [6, 6.07) is 5.05. The maximum Gasteiger partial charge on any atom is 0.242 e. The summed E-state index contributed by atoms with van der Waals surface area (Å²) in [5, 5.41) is 0. The number of hydrogen-bond donors (Lipinski definition) is 1. The smallest absolute Gasteiger partial charge is 0.242 e. The number of halogens is 1. The third-order valence-electron chi connectivity index (χ3n) is 5.15. The molecule has 1 aromatic rings. The number of hydrogen-bond acceptors (Lipinski definition) is 5. The van der Waals surface area contributed by atoms with Gasteiger partial charge in [0.15, 0.2) is 0 Å². The number of piperidine rings is 1. The first-order valence-corrected chi connectivity index (χ1v) is 9.29. The number of benzene rings is 1. The SMILES string of the molecule is NC(=O)C1CN(c2ccc(F)cc2)CCN1C(=O)CCN1C(=O)CCCC1=O. The molecule has 2 saturated heterocycles. The minimum atomic E-state index is -0.834. The van der Waals surface area contributed by atoms with E-state index in [9.17, 15) is 23.6 Å². The summed E-state index contributed by atoms with van der Waals surface area (Å²) in [5.74, 6) is -1.85. The fraction of sp³-hybridized carbons (Fsp3) is 0.474. The van der Waals surface area contributed by atoms with Crippen LogP contribution >= 0.6 is 0 Å². The Morgan fingerprint density at radius 3 is 2.32 bits per heavy atom. The van der Waals surface area contributed by atoms with Crippen LogP contribution in [0.2, 0.25) is 0 Å². The molecule has 150 valence electrons. The topological polar surface area (TPSA) is 104 Å². The summed E-state index contributed by atoms with van der Waals surface area (Å²) >= 11 is 0. The van der Waals surface area contributed by atoms with E-state index in [1.54, 1.807) is 12.1 Å². The average Bonchev–Trinajstić information content (AvgIpc) is 2.67. The fourth-order valence-corrected chi connectivity index (χ4v) is 3.61. The van der Waals surface area contributed by atoms with Gasteiger partial charge in [0, 0.05) is 51.1 Å². The van der Waals surface area contributed by atoms with Crippen LogP contribution in [0.5, 0.6) is 0 Å². The van der Waals surface area contributed by atoms with E-state index in [0.717, 1.165) is 10.6 Å². The van der Waals surface area contributed by atoms with Crippen molar-refractivity contribution < 1.29 is 23.6 Å². The molecule has 0 bridgehead atoms. The number of rotatable bonds is 5. The second kappa shape index (κ2) is 8.37. The van der Waals surface area contributed by atoms with Crippen molar-refractivity contribution in [2.45, 2.75) is 31.7 Å². The van der Waals surface area contributed by atoms with Crippen LogP contribution in [0, 0.1) is 5.82 Å². The molecule has 3 rings (SSSR count). The van der Waals surface area contributed by atoms with Crippen LogP contribution in [0.4, 0.5) is 10.1 Å². The summed E-state index contributed by atoms with van der Waals surface area (Å²) in [7, 11) is 0. The molecule has 28 heavy (non-hydrogen) atoms. The summed E-state index contributed by atoms with van der Waals surface area (Å²) in [5.41, 5.74) is 6.24. The van der Waals surface area contributed by atoms with E-state index in [0.29, 0.717) is 25.8 Å². The van der Waals surface area contributed by atoms with Crippen LogP contribution in [0.15, 0.2) is 24.3 Å². The van der Waals surface area contributed by atoms with Gasteiger partial charge >= 0.3 is 0 Å². The van der Waals surface area contributed by atoms with Crippen LogP contribution in [-0.2, 0) is 19.2 Å². The maximum atomic E-state index is 13.1. The molecule has 2 aliphatic heterocycles. The van der Waals surface area contributed by atoms with Gasteiger partial charge in [-0.25, -0.2) is 4.39 Å². The van der Waals surface area contributed by atoms with Gasteiger partial charge in [-0.05, 0) is 30.7 Å². The standard InChI is InChI=1S/C19H23FN4O4/c20-13-4-6-14(7-5-13)22-10-11-23(15(12-22)19(21)28)18(27)8-9-24-16(25)2-1-3-17(24)26/h4-7,15H,1-3,8-12H2,(H2,21,28). The third-order valence-corrected chi connectivity index (χ3v) is 5.15. The normalized spacial score (nSPS) is 20.5. The van der Waals surface area contributed by atoms with E-state index in [4.69, 9.17) is 5.73 Å². The molecule has 0 aromatic heterocycles. The lowest BCUT2D eigenvalue weighted by molar-refractivity contribution is -0.149. The number of anilines is 1. The van der Waals surface area contributed by atoms with Crippen molar-refractivity contribution in [1.29, 1.82) is 0 Å². The Morgan fingerprint density at radius 2 is 1.71 bits per heavy atom. The van der Waals surface area contributed by atoms with Crippen molar-refractivity contribution in [2.24, 2.45) is 5.73 Å². The number of imide groups is 1. The predicted molar refractivity (Wildman–Crippen MR) is 98.5 cm³/mol. The lowest BCUT2D eigenvalue weighted by atomic mass is 10.1. The molecule has 0 aliphatic carbocycles. The molecule has 8 nitrogen and oxygen atoms in total. The number of amides is 4. The first-order chi connectivity index (χ1) is 13.4. The molecule has 4 amide bonds. The Balaban J connectivity index is 1.63. The Hall–Kier alpha value is -2.97. The van der Waals surface area contributed by atoms with E-state index in [1.807, 2.05) is 4.90 Å². The molecule has 2 fully saturated rings. The van der Waals surface area contributed by atoms with Crippen LogP contribution < -0.4 is 10.6 Å². The van der Waals surface area contributed by atoms with Gasteiger partial charge in [-0.1, -0.05) is 0 Å². The molecule has 1 atom stereocenters. The van der Waals surface area contributed by atoms with Crippen molar-refractivity contribution in [3.63, 3.8) is 0 Å². The molecule has 0 saturated carbocycles. The van der Waals surface area contributed by atoms with Crippen LogP contribution in [-0.4, -0.2) is 65.6 Å². The number of nitrogens with two attached hydrogens (primary N) is 1. The Bertz CT molecular complexity index is 767. The number of nitrogens with zero attached hydrogens (tertiary/aromatic N) is 3. The van der Waals surface area contributed by atoms with Crippen LogP contribution in [0.1, 0.15) is 25.7 Å². The molecule has 0 spiro atoms. The van der Waals surface area contributed by atoms with Gasteiger partial charge in [-0.15, -0.1) is 0 Å². The zero-order valence-corrected chi connectivity index (χ0v) is 15.5. The predicted octanol–water partition coefficient (Wildman–Crippen LogP) is 0.257. The summed E-state index contributed by atoms with van der Waals surface area (Å²) in [4.78, 5) is 52.7. The maximum absolute atomic E-state index is 13.1. The number of carbonyl (C=O) groups excluding carboxylic acids is 4. The Morgan fingerprint density at radius 1 is 1.07 bits per heavy atom. The zero-order valence-electron chi connectivity index (χ0n) is 15.5. The molecular weight excluding hydrogens is 367 g/mol. The molecule has 1 aromatic carbocycles. The highest BCUT2D eigenvalue weighted by atomic mass is 19.1. The lowest BCUT2D eigenvalue weighted by Crippen LogP contribution is -2.60. The quantitative estimate of drug-likeness (QED) is 0.726. The molecule has 0 radical (unpaired) electrons. The minimum absolute atomic E-state index is 0.0140. The Labute approximate surface area is 162 Å². The van der Waals surface area contributed by atoms with Gasteiger partial charge in [0.2, 0.25) is 23.6 Å². The first-order valence-electron chi connectivity index (χ1n) is 9.29. The summed E-state index contributed by atoms with van der Waals surface area (Å²) in [6.07, 6.45) is 1.11. The molecule has 1 unspecified atom stereocenters. The molecule has 2 heterocycles. The number of primary amides is 1. The van der Waals surface area contributed by atoms with Gasteiger partial charge < -0.3 is 15.5 Å². The highest BCUT2D eigenvalue weighted by molar-refractivity contribution is 5.98. The summed E-state index contributed by atoms with van der Waals surface area (Å²) in [6.45, 7) is 0.947. The Kier molecular flexibility index (Phi) is 5.91. The van der Waals surface area contributed by atoms with Crippen molar-refractivity contribution in [3.8, 4) is 0 Å². The van der Waals surface area contributed by atoms with Crippen LogP contribution in [0.3, 0.4) is 0 Å². The first kappa shape index (κ1) is 19.8. The van der Waals surface area contributed by atoms with Crippen molar-refractivity contribution in [3.05, 3.63) is 30.1 Å². The van der Waals surface area contributed by atoms with Gasteiger partial charge in [-0.2, -0.15) is 0 Å². The molecular formula is C19H23FN4O4. The highest BCUT2D eigenvalue weighted by Gasteiger charge is 2.35. The van der Waals surface area contributed by atoms with Gasteiger partial charge in [0.05, 0.1) is 0 Å². The number of carbonyl (C=O) groups is 4. The second-order valence-corrected chi connectivity index (χ2v) is 6.97. The van der Waals surface area contributed by atoms with E-state index in [-0.39, 0.29) is 49.6 Å². The van der Waals surface area contributed by atoms with E-state index < -0.39 is 11.9 Å². The average molecular weight is 390 g/mol. The molecule has 2 aliphatic rings. The van der Waals surface area contributed by atoms with E-state index >= 15 is 0 Å². The van der Waals surface area contributed by atoms with Crippen LogP contribution in [0.25, 0.3) is 0 Å². The van der Waals surface area contributed by atoms with E-state index in [1.165, 1.54) is 17.0 Å². The van der Waals surface area contributed by atoms with Gasteiger partial charge in [0.25, 0.3) is 0 Å². The van der Waals surface area contributed by atoms with Crippen molar-refractivity contribution in [2.75, 3.05) is 31.1 Å². The fourth-order valence-electron chi connectivity index (χ4n) is 3.61. The zero-order chi connectivity index (χ0) is 20.3. The summed E-state index contributed by atoms with van der Waals surface area (Å²) < 4.78 is 13.1. The number of likely N-dealkylation sites (tertiary alicyclic amines) is 1. The molecule has 9 heteroatoms. The van der Waals surface area contributed by atoms with E-state index in [2.05, 4.69) is 0 Å². The third kappa shape index (κ3) is 4.29. The van der Waals surface area contributed by atoms with Crippen molar-refractivity contribution in [1.82, 2.24) is 9.80 Å². The largest absolute Gasteiger partial charge is 0.368 e. The minimum Gasteiger partial charge on any atom is -0.368 e. The number of piperazine rings is 1. The van der Waals surface area contributed by atoms with Gasteiger partial charge in [-0.3, -0.25) is 24.1 Å². The highest BCUT2D eigenvalue weighted by Crippen LogP contribution is 2.21. The van der Waals surface area contributed by atoms with Gasteiger partial charge in [0.1, 0.15) is 11.9 Å². The monoisotopic (exact) mass is 390 g/mol. The second-order valence-electron chi connectivity index (χ2n) is 6.97. The van der Waals surface area contributed by atoms with Crippen molar-refractivity contribution >= 4 is 29.3 Å². The lowest BCUT2D eigenvalue weighted by Gasteiger charge is -2.41.